The number of amides is 2. The SMILES string of the molecule is CCNC(=O)NCc1nc(C)nn1-c1cnc2ccccc2c1. The van der Waals surface area contributed by atoms with Gasteiger partial charge < -0.3 is 10.6 Å². The summed E-state index contributed by atoms with van der Waals surface area (Å²) in [6, 6.07) is 9.67. The molecule has 0 atom stereocenters. The minimum atomic E-state index is -0.226. The van der Waals surface area contributed by atoms with Crippen molar-refractivity contribution in [1.29, 1.82) is 0 Å². The maximum atomic E-state index is 11.6. The molecule has 0 aliphatic rings. The molecular formula is C16H18N6O. The minimum Gasteiger partial charge on any atom is -0.338 e. The van der Waals surface area contributed by atoms with E-state index in [-0.39, 0.29) is 6.03 Å². The minimum absolute atomic E-state index is 0.226. The lowest BCUT2D eigenvalue weighted by atomic mass is 10.2. The van der Waals surface area contributed by atoms with Crippen LogP contribution in [0.15, 0.2) is 36.5 Å². The second kappa shape index (κ2) is 6.43. The zero-order valence-electron chi connectivity index (χ0n) is 13.1. The topological polar surface area (TPSA) is 84.7 Å². The number of nitrogens with zero attached hydrogens (tertiary/aromatic N) is 4. The number of hydrogen-bond acceptors (Lipinski definition) is 4. The van der Waals surface area contributed by atoms with Crippen molar-refractivity contribution in [3.8, 4) is 5.69 Å². The van der Waals surface area contributed by atoms with E-state index in [2.05, 4.69) is 25.7 Å². The van der Waals surface area contributed by atoms with Crippen LogP contribution in [0.4, 0.5) is 4.79 Å². The molecule has 2 heterocycles. The number of carbonyl (C=O) groups excluding carboxylic acids is 1. The Morgan fingerprint density at radius 3 is 2.91 bits per heavy atom. The molecule has 118 valence electrons. The van der Waals surface area contributed by atoms with Crippen molar-refractivity contribution >= 4 is 16.9 Å². The van der Waals surface area contributed by atoms with Crippen LogP contribution in [0, 0.1) is 6.92 Å². The van der Waals surface area contributed by atoms with Crippen LogP contribution in [0.2, 0.25) is 0 Å². The normalized spacial score (nSPS) is 10.7. The Labute approximate surface area is 133 Å². The van der Waals surface area contributed by atoms with Gasteiger partial charge in [-0.15, -0.1) is 0 Å². The molecule has 2 N–H and O–H groups in total. The van der Waals surface area contributed by atoms with Gasteiger partial charge >= 0.3 is 6.03 Å². The molecule has 0 fully saturated rings. The smallest absolute Gasteiger partial charge is 0.315 e. The van der Waals surface area contributed by atoms with Crippen molar-refractivity contribution in [2.75, 3.05) is 6.54 Å². The Kier molecular flexibility index (Phi) is 4.18. The average Bonchev–Trinajstić information content (AvgIpc) is 2.93. The molecule has 1 aromatic carbocycles. The number of para-hydroxylation sites is 1. The standard InChI is InChI=1S/C16H18N6O/c1-3-17-16(23)19-10-15-20-11(2)21-22(15)13-8-12-6-4-5-7-14(12)18-9-13/h4-9H,3,10H2,1-2H3,(H2,17,19,23). The summed E-state index contributed by atoms with van der Waals surface area (Å²) in [6.45, 7) is 4.55. The molecule has 0 spiro atoms. The van der Waals surface area contributed by atoms with Gasteiger partial charge in [0.1, 0.15) is 5.82 Å². The Morgan fingerprint density at radius 2 is 2.09 bits per heavy atom. The first-order chi connectivity index (χ1) is 11.2. The number of aromatic nitrogens is 4. The predicted octanol–water partition coefficient (Wildman–Crippen LogP) is 1.94. The molecular weight excluding hydrogens is 292 g/mol. The van der Waals surface area contributed by atoms with Gasteiger partial charge in [0.25, 0.3) is 0 Å². The third kappa shape index (κ3) is 3.28. The second-order valence-electron chi connectivity index (χ2n) is 5.09. The third-order valence-corrected chi connectivity index (χ3v) is 3.35. The summed E-state index contributed by atoms with van der Waals surface area (Å²) in [7, 11) is 0. The van der Waals surface area contributed by atoms with E-state index in [9.17, 15) is 4.79 Å². The fraction of sp³-hybridized carbons (Fsp3) is 0.250. The molecule has 7 nitrogen and oxygen atoms in total. The fourth-order valence-corrected chi connectivity index (χ4v) is 2.34. The maximum Gasteiger partial charge on any atom is 0.315 e. The van der Waals surface area contributed by atoms with Gasteiger partial charge in [-0.1, -0.05) is 18.2 Å². The fourth-order valence-electron chi connectivity index (χ4n) is 2.34. The molecule has 7 heteroatoms. The summed E-state index contributed by atoms with van der Waals surface area (Å²) in [6.07, 6.45) is 1.76. The molecule has 3 aromatic rings. The lowest BCUT2D eigenvalue weighted by Crippen LogP contribution is -2.35. The number of carbonyl (C=O) groups is 1. The Balaban J connectivity index is 1.90. The summed E-state index contributed by atoms with van der Waals surface area (Å²) in [5.41, 5.74) is 1.74. The van der Waals surface area contributed by atoms with Gasteiger partial charge in [-0.2, -0.15) is 5.10 Å². The highest BCUT2D eigenvalue weighted by Gasteiger charge is 2.11. The molecule has 0 aliphatic carbocycles. The van der Waals surface area contributed by atoms with Gasteiger partial charge in [0.15, 0.2) is 5.82 Å². The van der Waals surface area contributed by atoms with E-state index < -0.39 is 0 Å². The van der Waals surface area contributed by atoms with Crippen molar-refractivity contribution in [3.63, 3.8) is 0 Å². The molecule has 0 unspecified atom stereocenters. The van der Waals surface area contributed by atoms with Gasteiger partial charge in [0.05, 0.1) is 23.9 Å². The van der Waals surface area contributed by atoms with Crippen molar-refractivity contribution < 1.29 is 4.79 Å². The molecule has 23 heavy (non-hydrogen) atoms. The highest BCUT2D eigenvalue weighted by atomic mass is 16.2. The summed E-state index contributed by atoms with van der Waals surface area (Å²) in [5, 5.41) is 10.9. The first-order valence-corrected chi connectivity index (χ1v) is 7.47. The van der Waals surface area contributed by atoms with Gasteiger partial charge in [0.2, 0.25) is 0 Å². The second-order valence-corrected chi connectivity index (χ2v) is 5.09. The van der Waals surface area contributed by atoms with Crippen molar-refractivity contribution in [2.45, 2.75) is 20.4 Å². The van der Waals surface area contributed by atoms with Crippen LogP contribution in [-0.4, -0.2) is 32.3 Å². The van der Waals surface area contributed by atoms with E-state index >= 15 is 0 Å². The number of nitrogens with one attached hydrogen (secondary N) is 2. The summed E-state index contributed by atoms with van der Waals surface area (Å²) < 4.78 is 1.71. The van der Waals surface area contributed by atoms with Crippen molar-refractivity contribution in [1.82, 2.24) is 30.4 Å². The highest BCUT2D eigenvalue weighted by molar-refractivity contribution is 5.80. The van der Waals surface area contributed by atoms with Crippen LogP contribution < -0.4 is 10.6 Å². The van der Waals surface area contributed by atoms with Gasteiger partial charge in [-0.05, 0) is 26.0 Å². The molecule has 0 radical (unpaired) electrons. The van der Waals surface area contributed by atoms with Gasteiger partial charge in [-0.3, -0.25) is 4.98 Å². The van der Waals surface area contributed by atoms with Crippen LogP contribution in [-0.2, 0) is 6.54 Å². The van der Waals surface area contributed by atoms with E-state index in [1.807, 2.05) is 44.2 Å². The van der Waals surface area contributed by atoms with Gasteiger partial charge in [0, 0.05) is 11.9 Å². The van der Waals surface area contributed by atoms with Crippen LogP contribution in [0.1, 0.15) is 18.6 Å². The van der Waals surface area contributed by atoms with E-state index in [4.69, 9.17) is 0 Å². The van der Waals surface area contributed by atoms with Crippen LogP contribution >= 0.6 is 0 Å². The Morgan fingerprint density at radius 1 is 1.26 bits per heavy atom. The number of hydrogen-bond donors (Lipinski definition) is 2. The number of rotatable bonds is 4. The van der Waals surface area contributed by atoms with Crippen LogP contribution in [0.3, 0.4) is 0 Å². The largest absolute Gasteiger partial charge is 0.338 e. The number of fused-ring (bicyclic) bond motifs is 1. The molecule has 3 rings (SSSR count). The van der Waals surface area contributed by atoms with Crippen LogP contribution in [0.5, 0.6) is 0 Å². The van der Waals surface area contributed by atoms with Crippen molar-refractivity contribution in [2.24, 2.45) is 0 Å². The zero-order chi connectivity index (χ0) is 16.2. The molecule has 2 aromatic heterocycles. The maximum absolute atomic E-state index is 11.6. The van der Waals surface area contributed by atoms with E-state index in [0.29, 0.717) is 24.7 Å². The van der Waals surface area contributed by atoms with Crippen molar-refractivity contribution in [3.05, 3.63) is 48.2 Å². The lowest BCUT2D eigenvalue weighted by molar-refractivity contribution is 0.240. The van der Waals surface area contributed by atoms with E-state index in [1.54, 1.807) is 10.9 Å². The molecule has 0 saturated heterocycles. The van der Waals surface area contributed by atoms with E-state index in [1.165, 1.54) is 0 Å². The molecule has 0 aliphatic heterocycles. The first-order valence-electron chi connectivity index (χ1n) is 7.47. The quantitative estimate of drug-likeness (QED) is 0.771. The Hall–Kier alpha value is -2.96. The summed E-state index contributed by atoms with van der Waals surface area (Å²) >= 11 is 0. The van der Waals surface area contributed by atoms with Gasteiger partial charge in [-0.25, -0.2) is 14.5 Å². The summed E-state index contributed by atoms with van der Waals surface area (Å²) in [5.74, 6) is 1.30. The third-order valence-electron chi connectivity index (χ3n) is 3.35. The van der Waals surface area contributed by atoms with Crippen LogP contribution in [0.25, 0.3) is 16.6 Å². The monoisotopic (exact) mass is 310 g/mol. The number of pyridine rings is 1. The first kappa shape index (κ1) is 15.0. The highest BCUT2D eigenvalue weighted by Crippen LogP contribution is 2.16. The number of benzene rings is 1. The summed E-state index contributed by atoms with van der Waals surface area (Å²) in [4.78, 5) is 20.4. The predicted molar refractivity (Wildman–Crippen MR) is 87.3 cm³/mol. The molecule has 0 bridgehead atoms. The van der Waals surface area contributed by atoms with E-state index in [0.717, 1.165) is 16.6 Å². The Bertz CT molecular complexity index is 841. The lowest BCUT2D eigenvalue weighted by Gasteiger charge is -2.08. The average molecular weight is 310 g/mol. The molecule has 2 amide bonds. The molecule has 0 saturated carbocycles. The zero-order valence-corrected chi connectivity index (χ0v) is 13.1. The number of urea groups is 1. The number of aryl methyl sites for hydroxylation is 1.